The van der Waals surface area contributed by atoms with Gasteiger partial charge in [-0.25, -0.2) is 0 Å². The van der Waals surface area contributed by atoms with E-state index in [9.17, 15) is 28.8 Å². The molecular weight excluding hydrogens is 949 g/mol. The van der Waals surface area contributed by atoms with Gasteiger partial charge in [-0.15, -0.1) is 0 Å². The predicted octanol–water partition coefficient (Wildman–Crippen LogP) is 4.84. The maximum absolute atomic E-state index is 14.8. The Labute approximate surface area is 442 Å². The first-order chi connectivity index (χ1) is 36.5. The van der Waals surface area contributed by atoms with Crippen LogP contribution in [0.1, 0.15) is 90.1 Å². The number of fused-ring (bicyclic) bond motifs is 1. The van der Waals surface area contributed by atoms with Crippen molar-refractivity contribution in [1.29, 1.82) is 0 Å². The van der Waals surface area contributed by atoms with Crippen molar-refractivity contribution in [3.8, 4) is 0 Å². The summed E-state index contributed by atoms with van der Waals surface area (Å²) in [5, 5.41) is 13.6. The number of likely N-dealkylation sites (tertiary alicyclic amines) is 2. The van der Waals surface area contributed by atoms with Gasteiger partial charge in [0.15, 0.2) is 0 Å². The number of hydrogen-bond acceptors (Lipinski definition) is 10. The van der Waals surface area contributed by atoms with Gasteiger partial charge in [-0.2, -0.15) is 0 Å². The third-order valence-electron chi connectivity index (χ3n) is 15.9. The fraction of sp³-hybridized carbons (Fsp3) is 0.525. The Morgan fingerprint density at radius 2 is 1.03 bits per heavy atom. The van der Waals surface area contributed by atoms with Crippen molar-refractivity contribution < 1.29 is 38.2 Å². The maximum Gasteiger partial charge on any atom is 0.253 e. The molecule has 0 saturated carbocycles. The molecule has 8 rings (SSSR count). The van der Waals surface area contributed by atoms with Crippen LogP contribution in [-0.2, 0) is 41.5 Å². The van der Waals surface area contributed by atoms with Crippen LogP contribution in [0, 0.1) is 11.8 Å². The van der Waals surface area contributed by atoms with Crippen LogP contribution in [0.3, 0.4) is 0 Å². The SMILES string of the molecule is CNCC(=O)NC(C(=O)N1CCCC1CN(CCc1ccccc1)C(=O)c1ccc2cc(C(=O)N(CCc3ccccc3)CC3CCCN3C(=O)C(NC(=O)[C@H](C)NC)C3CCOCC3)ccc2c1)C1CCOCC1. The number of carbonyl (C=O) groups excluding carboxylic acids is 6. The van der Waals surface area contributed by atoms with Crippen LogP contribution < -0.4 is 21.3 Å². The minimum Gasteiger partial charge on any atom is -0.381 e. The molecule has 4 N–H and O–H groups in total. The second-order valence-electron chi connectivity index (χ2n) is 20.9. The second kappa shape index (κ2) is 27.0. The lowest BCUT2D eigenvalue weighted by molar-refractivity contribution is -0.140. The molecule has 4 unspecified atom stereocenters. The molecule has 402 valence electrons. The van der Waals surface area contributed by atoms with Gasteiger partial charge in [0.2, 0.25) is 23.6 Å². The second-order valence-corrected chi connectivity index (χ2v) is 20.9. The number of amides is 6. The van der Waals surface area contributed by atoms with E-state index in [1.54, 1.807) is 21.0 Å². The van der Waals surface area contributed by atoms with E-state index in [4.69, 9.17) is 9.47 Å². The molecule has 4 heterocycles. The monoisotopic (exact) mass is 1030 g/mol. The molecule has 4 aliphatic rings. The van der Waals surface area contributed by atoms with Crippen LogP contribution in [0.15, 0.2) is 97.1 Å². The molecule has 6 amide bonds. The zero-order valence-corrected chi connectivity index (χ0v) is 44.2. The molecule has 4 fully saturated rings. The minimum absolute atomic E-state index is 0.0438. The Morgan fingerprint density at radius 3 is 1.45 bits per heavy atom. The van der Waals surface area contributed by atoms with Gasteiger partial charge in [0.05, 0.1) is 12.6 Å². The number of rotatable bonds is 22. The van der Waals surface area contributed by atoms with Gasteiger partial charge in [-0.1, -0.05) is 72.8 Å². The highest BCUT2D eigenvalue weighted by Gasteiger charge is 2.41. The highest BCUT2D eigenvalue weighted by Crippen LogP contribution is 2.29. The first kappa shape index (κ1) is 55.0. The summed E-state index contributed by atoms with van der Waals surface area (Å²) < 4.78 is 11.3. The van der Waals surface area contributed by atoms with Gasteiger partial charge in [0.25, 0.3) is 11.8 Å². The van der Waals surface area contributed by atoms with E-state index in [0.29, 0.717) is 115 Å². The van der Waals surface area contributed by atoms with Gasteiger partial charge in [-0.3, -0.25) is 28.8 Å². The number of carbonyl (C=O) groups is 6. The van der Waals surface area contributed by atoms with Crippen molar-refractivity contribution in [2.75, 3.05) is 86.3 Å². The number of nitrogens with zero attached hydrogens (tertiary/aromatic N) is 4. The quantitative estimate of drug-likeness (QED) is 0.0851. The van der Waals surface area contributed by atoms with Crippen molar-refractivity contribution in [2.24, 2.45) is 11.8 Å². The predicted molar refractivity (Wildman–Crippen MR) is 289 cm³/mol. The fourth-order valence-corrected chi connectivity index (χ4v) is 11.4. The highest BCUT2D eigenvalue weighted by molar-refractivity contribution is 6.02. The molecule has 4 aliphatic heterocycles. The van der Waals surface area contributed by atoms with Gasteiger partial charge < -0.3 is 50.3 Å². The van der Waals surface area contributed by atoms with E-state index >= 15 is 0 Å². The summed E-state index contributed by atoms with van der Waals surface area (Å²) >= 11 is 0. The Bertz CT molecular complexity index is 2550. The smallest absolute Gasteiger partial charge is 0.253 e. The topological polar surface area (TPSA) is 182 Å². The summed E-state index contributed by atoms with van der Waals surface area (Å²) in [4.78, 5) is 92.5. The standard InChI is InChI=1S/C59H78N8O8/c1-41(61-3)55(69)63-54(45-26-34-75-35-27-45)59(73)67-29-11-17-51(67)40-65(31-23-43-14-8-5-9-15-43)57(71)49-21-19-46-36-48(20-18-47(46)37-49)56(70)64(30-22-42-12-6-4-7-13-42)39-50-16-10-28-66(50)58(72)53(62-52(68)38-60-2)44-24-32-74-33-25-44/h4-9,12-15,18-21,36-37,41,44-45,50-51,53-54,60-61H,10-11,16-17,22-35,38-40H2,1-3H3,(H,62,68)(H,63,69)/t41-,50?,51?,53?,54?/m0/s1. The lowest BCUT2D eigenvalue weighted by atomic mass is 9.90. The molecular formula is C59H78N8O8. The molecule has 4 aromatic carbocycles. The molecule has 0 bridgehead atoms. The van der Waals surface area contributed by atoms with Crippen LogP contribution in [0.4, 0.5) is 0 Å². The fourth-order valence-electron chi connectivity index (χ4n) is 11.4. The van der Waals surface area contributed by atoms with Crippen LogP contribution in [0.5, 0.6) is 0 Å². The number of likely N-dealkylation sites (N-methyl/N-ethyl adjacent to an activating group) is 2. The number of hydrogen-bond donors (Lipinski definition) is 4. The van der Waals surface area contributed by atoms with Crippen molar-refractivity contribution in [1.82, 2.24) is 40.9 Å². The minimum atomic E-state index is -0.690. The molecule has 0 aromatic heterocycles. The average Bonchev–Trinajstić information content (AvgIpc) is 4.14. The Morgan fingerprint density at radius 1 is 0.587 bits per heavy atom. The lowest BCUT2D eigenvalue weighted by Gasteiger charge is -2.37. The molecule has 0 radical (unpaired) electrons. The summed E-state index contributed by atoms with van der Waals surface area (Å²) in [6, 6.07) is 29.1. The van der Waals surface area contributed by atoms with Gasteiger partial charge in [0.1, 0.15) is 12.1 Å². The van der Waals surface area contributed by atoms with Gasteiger partial charge in [0, 0.05) is 88.9 Å². The van der Waals surface area contributed by atoms with Crippen LogP contribution in [-0.4, -0.2) is 172 Å². The zero-order valence-electron chi connectivity index (χ0n) is 44.2. The highest BCUT2D eigenvalue weighted by atomic mass is 16.5. The molecule has 16 heteroatoms. The molecule has 4 saturated heterocycles. The van der Waals surface area contributed by atoms with E-state index in [1.165, 1.54) is 0 Å². The van der Waals surface area contributed by atoms with Crippen molar-refractivity contribution in [3.05, 3.63) is 119 Å². The number of nitrogens with one attached hydrogen (secondary N) is 4. The Hall–Kier alpha value is -6.20. The summed E-state index contributed by atoms with van der Waals surface area (Å²) in [5.74, 6) is -1.05. The van der Waals surface area contributed by atoms with E-state index in [1.807, 2.05) is 92.4 Å². The summed E-state index contributed by atoms with van der Waals surface area (Å²) in [6.45, 7) is 6.72. The van der Waals surface area contributed by atoms with Crippen LogP contribution in [0.25, 0.3) is 10.8 Å². The zero-order chi connectivity index (χ0) is 52.7. The molecule has 5 atom stereocenters. The summed E-state index contributed by atoms with van der Waals surface area (Å²) in [7, 11) is 3.43. The Kier molecular flexibility index (Phi) is 19.8. The van der Waals surface area contributed by atoms with E-state index in [0.717, 1.165) is 47.6 Å². The normalized spacial score (nSPS) is 19.6. The van der Waals surface area contributed by atoms with Crippen molar-refractivity contribution in [3.63, 3.8) is 0 Å². The third-order valence-corrected chi connectivity index (χ3v) is 15.9. The van der Waals surface area contributed by atoms with Crippen LogP contribution >= 0.6 is 0 Å². The van der Waals surface area contributed by atoms with Gasteiger partial charge >= 0.3 is 0 Å². The average molecular weight is 1030 g/mol. The largest absolute Gasteiger partial charge is 0.381 e. The molecule has 75 heavy (non-hydrogen) atoms. The molecule has 4 aromatic rings. The summed E-state index contributed by atoms with van der Waals surface area (Å²) in [6.07, 6.45) is 7.05. The van der Waals surface area contributed by atoms with Crippen molar-refractivity contribution >= 4 is 46.2 Å². The number of ether oxygens (including phenoxy) is 2. The first-order valence-corrected chi connectivity index (χ1v) is 27.4. The van der Waals surface area contributed by atoms with Gasteiger partial charge in [-0.05, 0) is 143 Å². The van der Waals surface area contributed by atoms with E-state index in [2.05, 4.69) is 45.5 Å². The third kappa shape index (κ3) is 14.4. The molecule has 0 spiro atoms. The van der Waals surface area contributed by atoms with E-state index in [-0.39, 0.29) is 65.9 Å². The van der Waals surface area contributed by atoms with E-state index < -0.39 is 18.1 Å². The maximum atomic E-state index is 14.8. The first-order valence-electron chi connectivity index (χ1n) is 27.4. The van der Waals surface area contributed by atoms with Crippen LogP contribution in [0.2, 0.25) is 0 Å². The van der Waals surface area contributed by atoms with Crippen molar-refractivity contribution in [2.45, 2.75) is 101 Å². The summed E-state index contributed by atoms with van der Waals surface area (Å²) in [5.41, 5.74) is 3.22. The number of benzene rings is 4. The molecule has 0 aliphatic carbocycles. The lowest BCUT2D eigenvalue weighted by Crippen LogP contribution is -2.58. The Balaban J connectivity index is 1.01. The molecule has 16 nitrogen and oxygen atoms in total.